The number of benzene rings is 2. The monoisotopic (exact) mass is 363 g/mol. The largest absolute Gasteiger partial charge is 0.371 e. The van der Waals surface area contributed by atoms with Crippen LogP contribution in [0.1, 0.15) is 35.7 Å². The van der Waals surface area contributed by atoms with E-state index in [1.165, 1.54) is 39.1 Å². The van der Waals surface area contributed by atoms with E-state index in [-0.39, 0.29) is 0 Å². The number of aromatic nitrogens is 2. The molecule has 26 heavy (non-hydrogen) atoms. The number of nitrogens with zero attached hydrogens (tertiary/aromatic N) is 2. The summed E-state index contributed by atoms with van der Waals surface area (Å²) < 4.78 is 0. The van der Waals surface area contributed by atoms with Gasteiger partial charge in [-0.05, 0) is 49.2 Å². The number of para-hydroxylation sites is 1. The summed E-state index contributed by atoms with van der Waals surface area (Å²) in [6, 6.07) is 15.5. The first-order valence-corrected chi connectivity index (χ1v) is 9.91. The third-order valence-electron chi connectivity index (χ3n) is 5.58. The molecule has 0 saturated carbocycles. The minimum absolute atomic E-state index is 0.573. The first-order chi connectivity index (χ1) is 12.6. The summed E-state index contributed by atoms with van der Waals surface area (Å²) in [5, 5.41) is 1.27. The molecule has 2 aromatic carbocycles. The average molecular weight is 363 g/mol. The van der Waals surface area contributed by atoms with Crippen molar-refractivity contribution in [3.63, 3.8) is 0 Å². The summed E-state index contributed by atoms with van der Waals surface area (Å²) in [6.07, 6.45) is 4.14. The van der Waals surface area contributed by atoms with Gasteiger partial charge in [0.05, 0.1) is 12.0 Å². The highest BCUT2D eigenvalue weighted by Gasteiger charge is 2.24. The van der Waals surface area contributed by atoms with Gasteiger partial charge in [0.1, 0.15) is 0 Å². The number of piperidine rings is 1. The van der Waals surface area contributed by atoms with Crippen molar-refractivity contribution in [1.29, 1.82) is 0 Å². The third-order valence-corrected chi connectivity index (χ3v) is 6.22. The maximum Gasteiger partial charge on any atom is 0.0925 e. The summed E-state index contributed by atoms with van der Waals surface area (Å²) in [6.45, 7) is 6.46. The minimum Gasteiger partial charge on any atom is -0.371 e. The van der Waals surface area contributed by atoms with Gasteiger partial charge < -0.3 is 9.88 Å². The molecule has 3 nitrogen and oxygen atoms in total. The van der Waals surface area contributed by atoms with E-state index in [4.69, 9.17) is 0 Å². The number of aryl methyl sites for hydroxylation is 2. The van der Waals surface area contributed by atoms with E-state index in [2.05, 4.69) is 80.4 Å². The fourth-order valence-electron chi connectivity index (χ4n) is 4.01. The summed E-state index contributed by atoms with van der Waals surface area (Å²) >= 11 is 0. The van der Waals surface area contributed by atoms with Crippen molar-refractivity contribution in [2.75, 3.05) is 18.0 Å². The van der Waals surface area contributed by atoms with Crippen LogP contribution in [0.5, 0.6) is 0 Å². The molecule has 1 aliphatic rings. The second-order valence-corrected chi connectivity index (χ2v) is 7.88. The van der Waals surface area contributed by atoms with Crippen molar-refractivity contribution in [2.45, 2.75) is 32.6 Å². The Morgan fingerprint density at radius 3 is 2.54 bits per heavy atom. The predicted octanol–water partition coefficient (Wildman–Crippen LogP) is 4.58. The zero-order valence-electron chi connectivity index (χ0n) is 15.5. The van der Waals surface area contributed by atoms with Crippen molar-refractivity contribution >= 4 is 20.2 Å². The van der Waals surface area contributed by atoms with Gasteiger partial charge in [-0.3, -0.25) is 0 Å². The number of hydrogen-bond acceptors (Lipinski definition) is 2. The van der Waals surface area contributed by atoms with Crippen molar-refractivity contribution in [3.05, 3.63) is 65.7 Å². The third kappa shape index (κ3) is 3.29. The lowest BCUT2D eigenvalue weighted by Gasteiger charge is -2.34. The molecule has 0 amide bonds. The Kier molecular flexibility index (Phi) is 4.82. The first kappa shape index (κ1) is 17.3. The predicted molar refractivity (Wildman–Crippen MR) is 113 cm³/mol. The highest BCUT2D eigenvalue weighted by atomic mass is 31.0. The SMILES string of the molecule is Cc1cc(-c2ccccc2N2CCC(c3nc[nH]c3C)CC2)ccc1P. The minimum atomic E-state index is 0.573. The van der Waals surface area contributed by atoms with Crippen LogP contribution in [0.25, 0.3) is 11.1 Å². The van der Waals surface area contributed by atoms with E-state index in [0.29, 0.717) is 5.92 Å². The molecule has 0 radical (unpaired) electrons. The molecule has 3 aromatic rings. The topological polar surface area (TPSA) is 31.9 Å². The van der Waals surface area contributed by atoms with E-state index in [1.54, 1.807) is 0 Å². The second kappa shape index (κ2) is 7.25. The molecule has 0 bridgehead atoms. The van der Waals surface area contributed by atoms with Gasteiger partial charge in [0.15, 0.2) is 0 Å². The lowest BCUT2D eigenvalue weighted by atomic mass is 9.91. The van der Waals surface area contributed by atoms with Gasteiger partial charge in [0.25, 0.3) is 0 Å². The maximum atomic E-state index is 4.54. The molecule has 1 saturated heterocycles. The molecule has 1 unspecified atom stereocenters. The summed E-state index contributed by atoms with van der Waals surface area (Å²) in [5.41, 5.74) is 7.77. The van der Waals surface area contributed by atoms with E-state index in [1.807, 2.05) is 6.33 Å². The molecular formula is C22H26N3P. The fraction of sp³-hybridized carbons (Fsp3) is 0.318. The Hall–Kier alpha value is -2.12. The molecule has 0 spiro atoms. The molecule has 134 valence electrons. The van der Waals surface area contributed by atoms with Gasteiger partial charge in [-0.25, -0.2) is 4.98 Å². The molecule has 1 atom stereocenters. The first-order valence-electron chi connectivity index (χ1n) is 9.34. The van der Waals surface area contributed by atoms with Gasteiger partial charge in [0, 0.05) is 36.0 Å². The zero-order valence-corrected chi connectivity index (χ0v) is 16.7. The van der Waals surface area contributed by atoms with Gasteiger partial charge in [0.2, 0.25) is 0 Å². The molecule has 1 aliphatic heterocycles. The fourth-order valence-corrected chi connectivity index (χ4v) is 4.19. The summed E-state index contributed by atoms with van der Waals surface area (Å²) in [7, 11) is 2.81. The number of anilines is 1. The quantitative estimate of drug-likeness (QED) is 0.691. The number of hydrogen-bond donors (Lipinski definition) is 1. The van der Waals surface area contributed by atoms with Crippen LogP contribution in [0.2, 0.25) is 0 Å². The molecule has 1 N–H and O–H groups in total. The molecule has 1 aromatic heterocycles. The number of imidazole rings is 1. The summed E-state index contributed by atoms with van der Waals surface area (Å²) in [4.78, 5) is 10.3. The average Bonchev–Trinajstić information content (AvgIpc) is 3.10. The van der Waals surface area contributed by atoms with Gasteiger partial charge in [-0.1, -0.05) is 36.4 Å². The van der Waals surface area contributed by atoms with Crippen molar-refractivity contribution < 1.29 is 0 Å². The van der Waals surface area contributed by atoms with Crippen LogP contribution in [0.3, 0.4) is 0 Å². The van der Waals surface area contributed by atoms with Gasteiger partial charge >= 0.3 is 0 Å². The van der Waals surface area contributed by atoms with Crippen LogP contribution < -0.4 is 10.2 Å². The highest BCUT2D eigenvalue weighted by molar-refractivity contribution is 7.27. The van der Waals surface area contributed by atoms with E-state index < -0.39 is 0 Å². The normalized spacial score (nSPS) is 15.4. The standard InChI is InChI=1S/C22H26N3P/c1-15-13-18(7-8-21(15)26)19-5-3-4-6-20(19)25-11-9-17(10-12-25)22-16(2)23-14-24-22/h3-8,13-14,17H,9-12,26H2,1-2H3,(H,23,24). The number of rotatable bonds is 3. The summed E-state index contributed by atoms with van der Waals surface area (Å²) in [5.74, 6) is 0.573. The Morgan fingerprint density at radius 1 is 1.08 bits per heavy atom. The number of nitrogens with one attached hydrogen (secondary N) is 1. The van der Waals surface area contributed by atoms with Crippen molar-refractivity contribution in [1.82, 2.24) is 9.97 Å². The Bertz CT molecular complexity index is 907. The Balaban J connectivity index is 1.58. The van der Waals surface area contributed by atoms with Crippen LogP contribution in [0.15, 0.2) is 48.8 Å². The van der Waals surface area contributed by atoms with Crippen LogP contribution >= 0.6 is 9.24 Å². The van der Waals surface area contributed by atoms with Crippen LogP contribution in [-0.2, 0) is 0 Å². The second-order valence-electron chi connectivity index (χ2n) is 7.26. The van der Waals surface area contributed by atoms with Crippen LogP contribution in [0, 0.1) is 13.8 Å². The Labute approximate surface area is 158 Å². The Morgan fingerprint density at radius 2 is 1.85 bits per heavy atom. The molecule has 2 heterocycles. The highest BCUT2D eigenvalue weighted by Crippen LogP contribution is 2.36. The van der Waals surface area contributed by atoms with Crippen molar-refractivity contribution in [2.24, 2.45) is 0 Å². The molecule has 0 aliphatic carbocycles. The molecular weight excluding hydrogens is 337 g/mol. The van der Waals surface area contributed by atoms with Gasteiger partial charge in [-0.15, -0.1) is 9.24 Å². The number of H-pyrrole nitrogens is 1. The van der Waals surface area contributed by atoms with E-state index in [9.17, 15) is 0 Å². The molecule has 4 heteroatoms. The van der Waals surface area contributed by atoms with Crippen molar-refractivity contribution in [3.8, 4) is 11.1 Å². The lowest BCUT2D eigenvalue weighted by molar-refractivity contribution is 0.496. The van der Waals surface area contributed by atoms with Gasteiger partial charge in [-0.2, -0.15) is 0 Å². The molecule has 1 fully saturated rings. The number of aromatic amines is 1. The lowest BCUT2D eigenvalue weighted by Crippen LogP contribution is -2.33. The van der Waals surface area contributed by atoms with Crippen LogP contribution in [0.4, 0.5) is 5.69 Å². The smallest absolute Gasteiger partial charge is 0.0925 e. The zero-order chi connectivity index (χ0) is 18.1. The van der Waals surface area contributed by atoms with Crippen LogP contribution in [-0.4, -0.2) is 23.1 Å². The molecule has 4 rings (SSSR count). The van der Waals surface area contributed by atoms with E-state index in [0.717, 1.165) is 25.9 Å². The van der Waals surface area contributed by atoms with E-state index >= 15 is 0 Å². The maximum absolute atomic E-state index is 4.54.